The first kappa shape index (κ1) is 10.9. The molecule has 84 valence electrons. The van der Waals surface area contributed by atoms with Crippen LogP contribution in [0.5, 0.6) is 0 Å². The molecule has 1 N–H and O–H groups in total. The monoisotopic (exact) mass is 216 g/mol. The number of allylic oxidation sites excluding steroid dienone is 1. The quantitative estimate of drug-likeness (QED) is 0.824. The fourth-order valence-electron chi connectivity index (χ4n) is 2.44. The number of hydrogen-bond donors (Lipinski definition) is 1. The topological polar surface area (TPSA) is 37.3 Å². The van der Waals surface area contributed by atoms with Crippen LogP contribution in [0.2, 0.25) is 0 Å². The molecule has 0 heterocycles. The highest BCUT2D eigenvalue weighted by Crippen LogP contribution is 2.38. The number of rotatable bonds is 2. The van der Waals surface area contributed by atoms with Gasteiger partial charge in [0, 0.05) is 11.6 Å². The van der Waals surface area contributed by atoms with Crippen molar-refractivity contribution in [3.63, 3.8) is 0 Å². The Hall–Kier alpha value is -1.57. The molecule has 0 aromatic heterocycles. The van der Waals surface area contributed by atoms with Gasteiger partial charge in [-0.2, -0.15) is 0 Å². The average Bonchev–Trinajstić information content (AvgIpc) is 2.27. The van der Waals surface area contributed by atoms with Gasteiger partial charge in [-0.05, 0) is 18.9 Å². The lowest BCUT2D eigenvalue weighted by Gasteiger charge is -2.32. The van der Waals surface area contributed by atoms with Crippen molar-refractivity contribution < 1.29 is 9.90 Å². The lowest BCUT2D eigenvalue weighted by atomic mass is 9.70. The van der Waals surface area contributed by atoms with Crippen LogP contribution in [0.15, 0.2) is 30.3 Å². The summed E-state index contributed by atoms with van der Waals surface area (Å²) in [6, 6.07) is 7.59. The maximum absolute atomic E-state index is 12.0. The Morgan fingerprint density at radius 3 is 2.69 bits per heavy atom. The predicted octanol–water partition coefficient (Wildman–Crippen LogP) is 3.23. The summed E-state index contributed by atoms with van der Waals surface area (Å²) < 4.78 is 0. The molecule has 2 nitrogen and oxygen atoms in total. The number of hydrogen-bond acceptors (Lipinski definition) is 2. The van der Waals surface area contributed by atoms with Crippen LogP contribution in [0.25, 0.3) is 5.76 Å². The van der Waals surface area contributed by atoms with E-state index in [2.05, 4.69) is 6.92 Å². The second-order valence-electron chi connectivity index (χ2n) is 4.52. The highest BCUT2D eigenvalue weighted by atomic mass is 16.3. The second-order valence-corrected chi connectivity index (χ2v) is 4.52. The van der Waals surface area contributed by atoms with Crippen molar-refractivity contribution in [1.29, 1.82) is 0 Å². The van der Waals surface area contributed by atoms with Crippen molar-refractivity contribution in [1.82, 2.24) is 0 Å². The molecule has 2 rings (SSSR count). The molecule has 1 aromatic carbocycles. The highest BCUT2D eigenvalue weighted by molar-refractivity contribution is 6.06. The zero-order valence-electron chi connectivity index (χ0n) is 9.66. The Labute approximate surface area is 95.6 Å². The molecule has 1 atom stereocenters. The minimum absolute atomic E-state index is 0.00514. The van der Waals surface area contributed by atoms with Crippen molar-refractivity contribution in [2.24, 2.45) is 0 Å². The normalized spacial score (nSPS) is 23.9. The summed E-state index contributed by atoms with van der Waals surface area (Å²) in [4.78, 5) is 12.0. The van der Waals surface area contributed by atoms with Crippen LogP contribution in [0.3, 0.4) is 0 Å². The lowest BCUT2D eigenvalue weighted by molar-refractivity contribution is -0.119. The van der Waals surface area contributed by atoms with Crippen molar-refractivity contribution >= 4 is 11.5 Å². The molecule has 0 aliphatic heterocycles. The van der Waals surface area contributed by atoms with E-state index in [1.807, 2.05) is 31.2 Å². The molecule has 2 heteroatoms. The van der Waals surface area contributed by atoms with Crippen LogP contribution in [0.4, 0.5) is 0 Å². The molecule has 0 saturated carbocycles. The van der Waals surface area contributed by atoms with E-state index in [1.165, 1.54) is 6.08 Å². The Morgan fingerprint density at radius 2 is 2.00 bits per heavy atom. The largest absolute Gasteiger partial charge is 0.507 e. The molecular weight excluding hydrogens is 200 g/mol. The first-order valence-corrected chi connectivity index (χ1v) is 5.64. The first-order valence-electron chi connectivity index (χ1n) is 5.64. The number of carbonyl (C=O) groups is 1. The van der Waals surface area contributed by atoms with E-state index in [0.29, 0.717) is 0 Å². The van der Waals surface area contributed by atoms with Crippen molar-refractivity contribution in [2.75, 3.05) is 0 Å². The standard InChI is InChI=1S/C14H16O2/c1-3-8-14(2)11-7-5-4-6-10(11)12(15)9-13(14)16/h4-7,9,15H,3,8H2,1-2H3. The zero-order chi connectivity index (χ0) is 11.8. The number of aliphatic hydroxyl groups excluding tert-OH is 1. The number of carbonyl (C=O) groups excluding carboxylic acids is 1. The third-order valence-corrected chi connectivity index (χ3v) is 3.36. The van der Waals surface area contributed by atoms with E-state index in [-0.39, 0.29) is 11.5 Å². The van der Waals surface area contributed by atoms with Gasteiger partial charge in [0.15, 0.2) is 5.78 Å². The number of benzene rings is 1. The van der Waals surface area contributed by atoms with E-state index in [9.17, 15) is 9.90 Å². The molecule has 0 radical (unpaired) electrons. The van der Waals surface area contributed by atoms with Crippen LogP contribution in [-0.2, 0) is 10.2 Å². The average molecular weight is 216 g/mol. The van der Waals surface area contributed by atoms with E-state index in [0.717, 1.165) is 24.0 Å². The molecule has 0 amide bonds. The Balaban J connectivity index is 2.62. The van der Waals surface area contributed by atoms with Gasteiger partial charge in [-0.3, -0.25) is 4.79 Å². The first-order chi connectivity index (χ1) is 7.59. The number of aliphatic hydroxyl groups is 1. The van der Waals surface area contributed by atoms with Gasteiger partial charge in [0.1, 0.15) is 5.76 Å². The van der Waals surface area contributed by atoms with Crippen LogP contribution < -0.4 is 0 Å². The maximum Gasteiger partial charge on any atom is 0.169 e. The Morgan fingerprint density at radius 1 is 1.31 bits per heavy atom. The van der Waals surface area contributed by atoms with Crippen LogP contribution in [0, 0.1) is 0 Å². The highest BCUT2D eigenvalue weighted by Gasteiger charge is 2.38. The van der Waals surface area contributed by atoms with Gasteiger partial charge in [0.2, 0.25) is 0 Å². The third-order valence-electron chi connectivity index (χ3n) is 3.36. The van der Waals surface area contributed by atoms with E-state index in [1.54, 1.807) is 0 Å². The molecule has 1 aromatic rings. The van der Waals surface area contributed by atoms with E-state index < -0.39 is 5.41 Å². The second kappa shape index (κ2) is 3.78. The molecular formula is C14H16O2. The fraction of sp³-hybridized carbons (Fsp3) is 0.357. The smallest absolute Gasteiger partial charge is 0.169 e. The minimum Gasteiger partial charge on any atom is -0.507 e. The number of fused-ring (bicyclic) bond motifs is 1. The van der Waals surface area contributed by atoms with Gasteiger partial charge in [-0.25, -0.2) is 0 Å². The van der Waals surface area contributed by atoms with E-state index >= 15 is 0 Å². The molecule has 0 fully saturated rings. The summed E-state index contributed by atoms with van der Waals surface area (Å²) in [6.07, 6.45) is 3.12. The molecule has 0 saturated heterocycles. The van der Waals surface area contributed by atoms with Gasteiger partial charge >= 0.3 is 0 Å². The van der Waals surface area contributed by atoms with Gasteiger partial charge in [-0.1, -0.05) is 37.6 Å². The summed E-state index contributed by atoms with van der Waals surface area (Å²) in [5.41, 5.74) is 1.26. The van der Waals surface area contributed by atoms with Crippen LogP contribution in [0.1, 0.15) is 37.8 Å². The molecule has 1 aliphatic rings. The van der Waals surface area contributed by atoms with Crippen molar-refractivity contribution in [3.05, 3.63) is 41.5 Å². The summed E-state index contributed by atoms with van der Waals surface area (Å²) in [5.74, 6) is 0.0970. The van der Waals surface area contributed by atoms with Crippen molar-refractivity contribution in [2.45, 2.75) is 32.1 Å². The summed E-state index contributed by atoms with van der Waals surface area (Å²) in [5, 5.41) is 9.77. The molecule has 1 unspecified atom stereocenters. The molecule has 1 aliphatic carbocycles. The summed E-state index contributed by atoms with van der Waals surface area (Å²) in [7, 11) is 0. The minimum atomic E-state index is -0.475. The van der Waals surface area contributed by atoms with Crippen LogP contribution in [-0.4, -0.2) is 10.9 Å². The van der Waals surface area contributed by atoms with Gasteiger partial charge in [0.05, 0.1) is 5.41 Å². The maximum atomic E-state index is 12.0. The SMILES string of the molecule is CCCC1(C)C(=O)C=C(O)c2ccccc21. The lowest BCUT2D eigenvalue weighted by Crippen LogP contribution is -2.34. The Bertz CT molecular complexity index is 460. The third kappa shape index (κ3) is 1.45. The Kier molecular flexibility index (Phi) is 2.58. The fourth-order valence-corrected chi connectivity index (χ4v) is 2.44. The summed E-state index contributed by atoms with van der Waals surface area (Å²) >= 11 is 0. The van der Waals surface area contributed by atoms with Crippen molar-refractivity contribution in [3.8, 4) is 0 Å². The predicted molar refractivity (Wildman–Crippen MR) is 64.3 cm³/mol. The molecule has 0 spiro atoms. The zero-order valence-corrected chi connectivity index (χ0v) is 9.66. The summed E-state index contributed by atoms with van der Waals surface area (Å²) in [6.45, 7) is 4.03. The van der Waals surface area contributed by atoms with Gasteiger partial charge in [-0.15, -0.1) is 0 Å². The molecule has 16 heavy (non-hydrogen) atoms. The number of ketones is 1. The van der Waals surface area contributed by atoms with Gasteiger partial charge in [0.25, 0.3) is 0 Å². The van der Waals surface area contributed by atoms with Crippen LogP contribution >= 0.6 is 0 Å². The molecule has 0 bridgehead atoms. The van der Waals surface area contributed by atoms with Gasteiger partial charge < -0.3 is 5.11 Å². The van der Waals surface area contributed by atoms with E-state index in [4.69, 9.17) is 0 Å².